The van der Waals surface area contributed by atoms with E-state index in [2.05, 4.69) is 15.3 Å². The van der Waals surface area contributed by atoms with Crippen molar-refractivity contribution in [2.75, 3.05) is 12.8 Å². The Bertz CT molecular complexity index is 445. The molecule has 0 amide bonds. The molecule has 0 aliphatic carbocycles. The van der Waals surface area contributed by atoms with Crippen LogP contribution in [-0.2, 0) is 16.4 Å². The Balaban J connectivity index is 2.90. The maximum atomic E-state index is 11.4. The van der Waals surface area contributed by atoms with Gasteiger partial charge in [-0.3, -0.25) is 0 Å². The van der Waals surface area contributed by atoms with Gasteiger partial charge in [-0.2, -0.15) is 0 Å². The van der Waals surface area contributed by atoms with Gasteiger partial charge in [0.15, 0.2) is 9.84 Å². The molecule has 90 valence electrons. The maximum absolute atomic E-state index is 11.4. The van der Waals surface area contributed by atoms with E-state index in [0.29, 0.717) is 12.4 Å². The van der Waals surface area contributed by atoms with E-state index in [1.807, 2.05) is 6.92 Å². The minimum absolute atomic E-state index is 0.359. The van der Waals surface area contributed by atoms with Gasteiger partial charge in [-0.05, 0) is 19.5 Å². The van der Waals surface area contributed by atoms with Crippen molar-refractivity contribution in [2.24, 2.45) is 0 Å². The molecule has 1 N–H and O–H groups in total. The van der Waals surface area contributed by atoms with Crippen LogP contribution in [-0.4, -0.2) is 31.2 Å². The van der Waals surface area contributed by atoms with Crippen LogP contribution >= 0.6 is 0 Å². The van der Waals surface area contributed by atoms with Crippen LogP contribution in [0.15, 0.2) is 12.3 Å². The molecule has 1 aromatic rings. The normalized spacial score (nSPS) is 13.7. The molecular weight excluding hydrogens is 226 g/mol. The molecule has 1 atom stereocenters. The van der Waals surface area contributed by atoms with Crippen LogP contribution in [0.1, 0.15) is 30.6 Å². The Labute approximate surface area is 96.2 Å². The second kappa shape index (κ2) is 5.36. The summed E-state index contributed by atoms with van der Waals surface area (Å²) < 4.78 is 22.7. The summed E-state index contributed by atoms with van der Waals surface area (Å²) in [5.74, 6) is 0.359. The highest BCUT2D eigenvalue weighted by molar-refractivity contribution is 7.90. The first-order chi connectivity index (χ1) is 7.45. The summed E-state index contributed by atoms with van der Waals surface area (Å²) >= 11 is 0. The molecule has 0 spiro atoms. The van der Waals surface area contributed by atoms with E-state index in [9.17, 15) is 8.42 Å². The number of nitrogens with one attached hydrogen (secondary N) is 1. The third-order valence-electron chi connectivity index (χ3n) is 2.29. The van der Waals surface area contributed by atoms with E-state index in [1.165, 1.54) is 6.26 Å². The minimum Gasteiger partial charge on any atom is -0.311 e. The molecule has 0 radical (unpaired) electrons. The molecule has 0 saturated carbocycles. The predicted octanol–water partition coefficient (Wildman–Crippen LogP) is 0.692. The Morgan fingerprint density at radius 1 is 1.50 bits per heavy atom. The molecule has 0 aliphatic heterocycles. The Kier molecular flexibility index (Phi) is 4.37. The molecule has 1 rings (SSSR count). The molecule has 1 heterocycles. The zero-order valence-corrected chi connectivity index (χ0v) is 10.6. The molecule has 0 aromatic carbocycles. The third kappa shape index (κ3) is 3.53. The maximum Gasteiger partial charge on any atom is 0.157 e. The van der Waals surface area contributed by atoms with E-state index in [-0.39, 0.29) is 0 Å². The van der Waals surface area contributed by atoms with Gasteiger partial charge in [0.2, 0.25) is 0 Å². The van der Waals surface area contributed by atoms with Crippen molar-refractivity contribution < 1.29 is 8.42 Å². The van der Waals surface area contributed by atoms with E-state index < -0.39 is 15.1 Å². The van der Waals surface area contributed by atoms with Crippen LogP contribution < -0.4 is 5.32 Å². The van der Waals surface area contributed by atoms with Gasteiger partial charge in [-0.1, -0.05) is 6.92 Å². The number of hydrogen-bond donors (Lipinski definition) is 1. The Hall–Kier alpha value is -1.01. The fourth-order valence-corrected chi connectivity index (χ4v) is 1.65. The lowest BCUT2D eigenvalue weighted by Crippen LogP contribution is -2.16. The average molecular weight is 243 g/mol. The largest absolute Gasteiger partial charge is 0.311 e. The summed E-state index contributed by atoms with van der Waals surface area (Å²) in [5, 5.41) is 2.47. The predicted molar refractivity (Wildman–Crippen MR) is 62.7 cm³/mol. The van der Waals surface area contributed by atoms with Crippen molar-refractivity contribution in [2.45, 2.75) is 25.6 Å². The fourth-order valence-electron chi connectivity index (χ4n) is 1.15. The fraction of sp³-hybridized carbons (Fsp3) is 0.600. The molecule has 0 fully saturated rings. The Morgan fingerprint density at radius 3 is 2.75 bits per heavy atom. The quantitative estimate of drug-likeness (QED) is 0.824. The van der Waals surface area contributed by atoms with E-state index in [0.717, 1.165) is 12.2 Å². The second-order valence-electron chi connectivity index (χ2n) is 3.66. The van der Waals surface area contributed by atoms with Gasteiger partial charge in [0.05, 0.1) is 5.69 Å². The van der Waals surface area contributed by atoms with Crippen molar-refractivity contribution in [3.63, 3.8) is 0 Å². The molecule has 1 unspecified atom stereocenters. The van der Waals surface area contributed by atoms with Gasteiger partial charge in [-0.15, -0.1) is 0 Å². The zero-order chi connectivity index (χ0) is 12.2. The number of nitrogens with zero attached hydrogens (tertiary/aromatic N) is 2. The molecule has 16 heavy (non-hydrogen) atoms. The van der Waals surface area contributed by atoms with Crippen molar-refractivity contribution in [1.29, 1.82) is 0 Å². The first kappa shape index (κ1) is 13.1. The summed E-state index contributed by atoms with van der Waals surface area (Å²) in [6.07, 6.45) is 2.79. The molecule has 5 nitrogen and oxygen atoms in total. The number of aromatic nitrogens is 2. The highest BCUT2D eigenvalue weighted by Gasteiger charge is 2.20. The summed E-state index contributed by atoms with van der Waals surface area (Å²) in [5.41, 5.74) is 0.808. The van der Waals surface area contributed by atoms with Crippen molar-refractivity contribution in [1.82, 2.24) is 15.3 Å². The second-order valence-corrected chi connectivity index (χ2v) is 6.02. The van der Waals surface area contributed by atoms with E-state index in [1.54, 1.807) is 19.2 Å². The molecule has 6 heteroatoms. The molecule has 1 aromatic heterocycles. The first-order valence-electron chi connectivity index (χ1n) is 5.16. The average Bonchev–Trinajstić information content (AvgIpc) is 2.24. The van der Waals surface area contributed by atoms with Crippen LogP contribution in [0.4, 0.5) is 0 Å². The zero-order valence-electron chi connectivity index (χ0n) is 9.77. The third-order valence-corrected chi connectivity index (χ3v) is 3.79. The number of rotatable bonds is 5. The van der Waals surface area contributed by atoms with E-state index in [4.69, 9.17) is 0 Å². The minimum atomic E-state index is -3.14. The number of sulfone groups is 1. The molecule has 0 aliphatic rings. The number of hydrogen-bond acceptors (Lipinski definition) is 5. The monoisotopic (exact) mass is 243 g/mol. The smallest absolute Gasteiger partial charge is 0.157 e. The van der Waals surface area contributed by atoms with Gasteiger partial charge in [-0.25, -0.2) is 18.4 Å². The lowest BCUT2D eigenvalue weighted by molar-refractivity contribution is 0.588. The summed E-state index contributed by atoms with van der Waals surface area (Å²) in [6.45, 7) is 5.08. The van der Waals surface area contributed by atoms with Gasteiger partial charge in [0, 0.05) is 19.0 Å². The van der Waals surface area contributed by atoms with Crippen molar-refractivity contribution in [3.05, 3.63) is 23.8 Å². The summed E-state index contributed by atoms with van der Waals surface area (Å²) in [6, 6.07) is 1.78. The molecule has 0 saturated heterocycles. The molecular formula is C10H17N3O2S. The standard InChI is InChI=1S/C10H17N3O2S/c1-4-11-7-9-5-6-12-10(13-9)8(2)16(3,14)15/h5-6,8,11H,4,7H2,1-3H3. The highest BCUT2D eigenvalue weighted by Crippen LogP contribution is 2.16. The van der Waals surface area contributed by atoms with Gasteiger partial charge >= 0.3 is 0 Å². The van der Waals surface area contributed by atoms with Gasteiger partial charge in [0.25, 0.3) is 0 Å². The van der Waals surface area contributed by atoms with Crippen LogP contribution in [0.2, 0.25) is 0 Å². The first-order valence-corrected chi connectivity index (χ1v) is 7.12. The van der Waals surface area contributed by atoms with Gasteiger partial charge in [0.1, 0.15) is 11.1 Å². The van der Waals surface area contributed by atoms with Crippen LogP contribution in [0.25, 0.3) is 0 Å². The highest BCUT2D eigenvalue weighted by atomic mass is 32.2. The lowest BCUT2D eigenvalue weighted by atomic mass is 10.3. The summed E-state index contributed by atoms with van der Waals surface area (Å²) in [4.78, 5) is 8.22. The van der Waals surface area contributed by atoms with Crippen LogP contribution in [0, 0.1) is 0 Å². The van der Waals surface area contributed by atoms with E-state index >= 15 is 0 Å². The summed E-state index contributed by atoms with van der Waals surface area (Å²) in [7, 11) is -3.14. The van der Waals surface area contributed by atoms with Crippen LogP contribution in [0.5, 0.6) is 0 Å². The van der Waals surface area contributed by atoms with Crippen molar-refractivity contribution >= 4 is 9.84 Å². The lowest BCUT2D eigenvalue weighted by Gasteiger charge is -2.09. The van der Waals surface area contributed by atoms with Crippen molar-refractivity contribution in [3.8, 4) is 0 Å². The Morgan fingerprint density at radius 2 is 2.19 bits per heavy atom. The van der Waals surface area contributed by atoms with Gasteiger partial charge < -0.3 is 5.32 Å². The molecule has 0 bridgehead atoms. The van der Waals surface area contributed by atoms with Crippen LogP contribution in [0.3, 0.4) is 0 Å². The topological polar surface area (TPSA) is 72.0 Å². The SMILES string of the molecule is CCNCc1ccnc(C(C)S(C)(=O)=O)n1.